The van der Waals surface area contributed by atoms with E-state index in [-0.39, 0.29) is 5.92 Å². The molecule has 5 nitrogen and oxygen atoms in total. The minimum atomic E-state index is -0.770. The Kier molecular flexibility index (Phi) is 10.7. The SMILES string of the molecule is C=CC(CCCCOCCCCC(C)(C)C(=O)O)CC(C)(C)C(=O)O. The smallest absolute Gasteiger partial charge is 0.309 e. The van der Waals surface area contributed by atoms with Gasteiger partial charge in [-0.25, -0.2) is 0 Å². The van der Waals surface area contributed by atoms with E-state index in [1.807, 2.05) is 6.08 Å². The average Bonchev–Trinajstić information content (AvgIpc) is 2.51. The minimum Gasteiger partial charge on any atom is -0.481 e. The van der Waals surface area contributed by atoms with Crippen LogP contribution in [-0.2, 0) is 14.3 Å². The molecule has 0 fully saturated rings. The van der Waals surface area contributed by atoms with E-state index >= 15 is 0 Å². The van der Waals surface area contributed by atoms with E-state index in [2.05, 4.69) is 6.58 Å². The maximum atomic E-state index is 11.2. The Bertz CT molecular complexity index is 426. The summed E-state index contributed by atoms with van der Waals surface area (Å²) in [5.74, 6) is -1.31. The molecule has 0 spiro atoms. The second-order valence-corrected chi connectivity index (χ2v) is 8.14. The highest BCUT2D eigenvalue weighted by molar-refractivity contribution is 5.73. The van der Waals surface area contributed by atoms with Gasteiger partial charge in [-0.2, -0.15) is 0 Å². The number of hydrogen-bond donors (Lipinski definition) is 2. The van der Waals surface area contributed by atoms with E-state index in [0.717, 1.165) is 32.1 Å². The fourth-order valence-electron chi connectivity index (χ4n) is 2.64. The van der Waals surface area contributed by atoms with Crippen molar-refractivity contribution in [3.05, 3.63) is 12.7 Å². The molecule has 0 aromatic rings. The molecule has 0 aromatic heterocycles. The van der Waals surface area contributed by atoms with Gasteiger partial charge in [-0.3, -0.25) is 9.59 Å². The fourth-order valence-corrected chi connectivity index (χ4v) is 2.64. The summed E-state index contributed by atoms with van der Waals surface area (Å²) in [6, 6.07) is 0. The molecule has 0 radical (unpaired) electrons. The Labute approximate surface area is 152 Å². The van der Waals surface area contributed by atoms with Crippen molar-refractivity contribution < 1.29 is 24.5 Å². The van der Waals surface area contributed by atoms with E-state index in [1.165, 1.54) is 0 Å². The molecule has 1 unspecified atom stereocenters. The van der Waals surface area contributed by atoms with Gasteiger partial charge >= 0.3 is 11.9 Å². The summed E-state index contributed by atoms with van der Waals surface area (Å²) < 4.78 is 5.60. The molecule has 0 aliphatic carbocycles. The molecule has 0 aromatic carbocycles. The van der Waals surface area contributed by atoms with Crippen molar-refractivity contribution in [2.24, 2.45) is 16.7 Å². The molecular weight excluding hydrogens is 320 g/mol. The lowest BCUT2D eigenvalue weighted by Gasteiger charge is -2.23. The van der Waals surface area contributed by atoms with Crippen LogP contribution in [0.25, 0.3) is 0 Å². The Morgan fingerprint density at radius 2 is 1.48 bits per heavy atom. The topological polar surface area (TPSA) is 83.8 Å². The molecular formula is C20H36O5. The van der Waals surface area contributed by atoms with Gasteiger partial charge in [-0.1, -0.05) is 18.9 Å². The summed E-state index contributed by atoms with van der Waals surface area (Å²) in [5.41, 5.74) is -1.39. The summed E-state index contributed by atoms with van der Waals surface area (Å²) in [4.78, 5) is 22.2. The van der Waals surface area contributed by atoms with Crippen LogP contribution in [0, 0.1) is 16.7 Å². The highest BCUT2D eigenvalue weighted by atomic mass is 16.5. The molecule has 0 bridgehead atoms. The van der Waals surface area contributed by atoms with E-state index in [4.69, 9.17) is 9.84 Å². The molecule has 0 amide bonds. The first-order valence-corrected chi connectivity index (χ1v) is 9.20. The van der Waals surface area contributed by atoms with Crippen molar-refractivity contribution in [2.45, 2.75) is 72.6 Å². The third kappa shape index (κ3) is 10.3. The zero-order valence-electron chi connectivity index (χ0n) is 16.3. The molecule has 146 valence electrons. The standard InChI is InChI=1S/C20H36O5/c1-6-16(15-20(4,5)18(23)24)11-7-9-13-25-14-10-8-12-19(2,3)17(21)22/h6,16H,1,7-15H2,2-5H3,(H,21,22)(H,23,24). The molecule has 0 saturated heterocycles. The summed E-state index contributed by atoms with van der Waals surface area (Å²) in [6.07, 6.45) is 7.70. The quantitative estimate of drug-likeness (QED) is 0.326. The van der Waals surface area contributed by atoms with Crippen LogP contribution in [0.4, 0.5) is 0 Å². The van der Waals surface area contributed by atoms with Crippen molar-refractivity contribution in [2.75, 3.05) is 13.2 Å². The lowest BCUT2D eigenvalue weighted by Crippen LogP contribution is -2.26. The molecule has 5 heteroatoms. The number of carboxylic acids is 2. The predicted molar refractivity (Wildman–Crippen MR) is 99.7 cm³/mol. The number of carbonyl (C=O) groups is 2. The molecule has 25 heavy (non-hydrogen) atoms. The number of ether oxygens (including phenoxy) is 1. The van der Waals surface area contributed by atoms with Gasteiger partial charge in [0.25, 0.3) is 0 Å². The third-order valence-corrected chi connectivity index (χ3v) is 4.72. The first kappa shape index (κ1) is 23.6. The lowest BCUT2D eigenvalue weighted by molar-refractivity contribution is -0.148. The van der Waals surface area contributed by atoms with Gasteiger partial charge in [0.2, 0.25) is 0 Å². The van der Waals surface area contributed by atoms with Gasteiger partial charge in [0.1, 0.15) is 0 Å². The molecule has 0 saturated carbocycles. The fraction of sp³-hybridized carbons (Fsp3) is 0.800. The molecule has 0 aliphatic heterocycles. The van der Waals surface area contributed by atoms with Crippen LogP contribution < -0.4 is 0 Å². The minimum absolute atomic E-state index is 0.212. The van der Waals surface area contributed by atoms with Crippen molar-refractivity contribution in [3.63, 3.8) is 0 Å². The Morgan fingerprint density at radius 3 is 1.96 bits per heavy atom. The van der Waals surface area contributed by atoms with Crippen molar-refractivity contribution >= 4 is 11.9 Å². The predicted octanol–water partition coefficient (Wildman–Crippen LogP) is 4.76. The van der Waals surface area contributed by atoms with Gasteiger partial charge in [-0.15, -0.1) is 6.58 Å². The summed E-state index contributed by atoms with van der Waals surface area (Å²) >= 11 is 0. The highest BCUT2D eigenvalue weighted by Crippen LogP contribution is 2.29. The first-order chi connectivity index (χ1) is 11.5. The van der Waals surface area contributed by atoms with Crippen molar-refractivity contribution in [1.29, 1.82) is 0 Å². The molecule has 2 N–H and O–H groups in total. The van der Waals surface area contributed by atoms with Crippen LogP contribution in [0.2, 0.25) is 0 Å². The van der Waals surface area contributed by atoms with Crippen LogP contribution in [0.1, 0.15) is 72.6 Å². The van der Waals surface area contributed by atoms with Gasteiger partial charge in [0, 0.05) is 13.2 Å². The maximum absolute atomic E-state index is 11.2. The molecule has 1 atom stereocenters. The normalized spacial score (nSPS) is 13.4. The van der Waals surface area contributed by atoms with Gasteiger partial charge in [0.15, 0.2) is 0 Å². The van der Waals surface area contributed by atoms with Crippen LogP contribution in [-0.4, -0.2) is 35.4 Å². The van der Waals surface area contributed by atoms with E-state index < -0.39 is 22.8 Å². The maximum Gasteiger partial charge on any atom is 0.309 e. The largest absolute Gasteiger partial charge is 0.481 e. The first-order valence-electron chi connectivity index (χ1n) is 9.20. The van der Waals surface area contributed by atoms with Crippen molar-refractivity contribution in [1.82, 2.24) is 0 Å². The zero-order valence-corrected chi connectivity index (χ0v) is 16.3. The molecule has 0 heterocycles. The van der Waals surface area contributed by atoms with E-state index in [9.17, 15) is 14.7 Å². The number of allylic oxidation sites excluding steroid dienone is 1. The van der Waals surface area contributed by atoms with Crippen LogP contribution in [0.3, 0.4) is 0 Å². The van der Waals surface area contributed by atoms with Gasteiger partial charge in [-0.05, 0) is 65.7 Å². The average molecular weight is 357 g/mol. The van der Waals surface area contributed by atoms with Crippen LogP contribution in [0.5, 0.6) is 0 Å². The number of carboxylic acid groups (broad SMARTS) is 2. The van der Waals surface area contributed by atoms with Crippen LogP contribution >= 0.6 is 0 Å². The number of aliphatic carboxylic acids is 2. The summed E-state index contributed by atoms with van der Waals surface area (Å²) in [7, 11) is 0. The van der Waals surface area contributed by atoms with Crippen LogP contribution in [0.15, 0.2) is 12.7 Å². The lowest BCUT2D eigenvalue weighted by atomic mass is 9.81. The van der Waals surface area contributed by atoms with Gasteiger partial charge in [0.05, 0.1) is 10.8 Å². The summed E-state index contributed by atoms with van der Waals surface area (Å²) in [6.45, 7) is 12.2. The second-order valence-electron chi connectivity index (χ2n) is 8.14. The Hall–Kier alpha value is -1.36. The number of unbranched alkanes of at least 4 members (excludes halogenated alkanes) is 2. The molecule has 0 rings (SSSR count). The molecule has 0 aliphatic rings. The Balaban J connectivity index is 3.74. The van der Waals surface area contributed by atoms with Crippen molar-refractivity contribution in [3.8, 4) is 0 Å². The monoisotopic (exact) mass is 356 g/mol. The second kappa shape index (κ2) is 11.3. The van der Waals surface area contributed by atoms with Gasteiger partial charge < -0.3 is 14.9 Å². The third-order valence-electron chi connectivity index (χ3n) is 4.72. The highest BCUT2D eigenvalue weighted by Gasteiger charge is 2.29. The van der Waals surface area contributed by atoms with E-state index in [1.54, 1.807) is 27.7 Å². The summed E-state index contributed by atoms with van der Waals surface area (Å²) in [5, 5.41) is 18.2. The number of hydrogen-bond acceptors (Lipinski definition) is 3. The van der Waals surface area contributed by atoms with E-state index in [0.29, 0.717) is 26.1 Å². The number of rotatable bonds is 15. The zero-order chi connectivity index (χ0) is 19.5. The Morgan fingerprint density at radius 1 is 0.960 bits per heavy atom.